The number of halogens is 1. The molecule has 0 aliphatic rings. The van der Waals surface area contributed by atoms with Crippen molar-refractivity contribution in [1.29, 1.82) is 0 Å². The van der Waals surface area contributed by atoms with E-state index in [1.165, 1.54) is 6.07 Å². The number of pyridine rings is 1. The molecule has 0 saturated carbocycles. The van der Waals surface area contributed by atoms with Gasteiger partial charge in [0.25, 0.3) is 0 Å². The molecule has 5 heteroatoms. The van der Waals surface area contributed by atoms with Crippen LogP contribution >= 0.6 is 0 Å². The summed E-state index contributed by atoms with van der Waals surface area (Å²) in [6.07, 6.45) is 6.97. The molecular weight excluding hydrogens is 219 g/mol. The number of rotatable bonds is 4. The molecule has 0 aliphatic heterocycles. The standard InChI is InChI=1S/C12H13FN4/c1-2-3-16-12-8-15-7-11(17-12)9-4-10(13)6-14-5-9/h4-8H,2-3H2,1H3,(H,16,17). The molecule has 0 fully saturated rings. The number of aromatic nitrogens is 3. The summed E-state index contributed by atoms with van der Waals surface area (Å²) in [6.45, 7) is 2.90. The Balaban J connectivity index is 2.26. The van der Waals surface area contributed by atoms with Crippen LogP contribution < -0.4 is 5.32 Å². The molecule has 0 saturated heterocycles. The van der Waals surface area contributed by atoms with Crippen molar-refractivity contribution in [2.45, 2.75) is 13.3 Å². The first kappa shape index (κ1) is 11.4. The van der Waals surface area contributed by atoms with Crippen molar-refractivity contribution in [3.63, 3.8) is 0 Å². The summed E-state index contributed by atoms with van der Waals surface area (Å²) >= 11 is 0. The highest BCUT2D eigenvalue weighted by molar-refractivity contribution is 5.58. The maximum absolute atomic E-state index is 13.0. The first-order valence-corrected chi connectivity index (χ1v) is 5.46. The molecule has 1 N–H and O–H groups in total. The van der Waals surface area contributed by atoms with Crippen LogP contribution in [0.2, 0.25) is 0 Å². The summed E-state index contributed by atoms with van der Waals surface area (Å²) in [4.78, 5) is 12.2. The second-order valence-electron chi connectivity index (χ2n) is 3.61. The van der Waals surface area contributed by atoms with Gasteiger partial charge in [-0.3, -0.25) is 9.97 Å². The van der Waals surface area contributed by atoms with E-state index in [1.54, 1.807) is 18.6 Å². The van der Waals surface area contributed by atoms with Crippen molar-refractivity contribution in [1.82, 2.24) is 15.0 Å². The van der Waals surface area contributed by atoms with Crippen LogP contribution in [0.1, 0.15) is 13.3 Å². The van der Waals surface area contributed by atoms with Crippen LogP contribution in [-0.4, -0.2) is 21.5 Å². The Morgan fingerprint density at radius 1 is 1.18 bits per heavy atom. The van der Waals surface area contributed by atoms with Crippen LogP contribution in [0.25, 0.3) is 11.3 Å². The fourth-order valence-electron chi connectivity index (χ4n) is 1.40. The van der Waals surface area contributed by atoms with Crippen LogP contribution in [-0.2, 0) is 0 Å². The summed E-state index contributed by atoms with van der Waals surface area (Å²) in [6, 6.07) is 1.39. The highest BCUT2D eigenvalue weighted by atomic mass is 19.1. The second kappa shape index (κ2) is 5.34. The summed E-state index contributed by atoms with van der Waals surface area (Å²) in [5.74, 6) is 0.310. The van der Waals surface area contributed by atoms with E-state index >= 15 is 0 Å². The summed E-state index contributed by atoms with van der Waals surface area (Å²) in [5, 5.41) is 3.13. The molecule has 0 atom stereocenters. The molecule has 0 radical (unpaired) electrons. The second-order valence-corrected chi connectivity index (χ2v) is 3.61. The van der Waals surface area contributed by atoms with Gasteiger partial charge in [-0.2, -0.15) is 0 Å². The third-order valence-electron chi connectivity index (χ3n) is 2.19. The Hall–Kier alpha value is -2.04. The van der Waals surface area contributed by atoms with E-state index < -0.39 is 0 Å². The quantitative estimate of drug-likeness (QED) is 0.879. The zero-order chi connectivity index (χ0) is 12.1. The summed E-state index contributed by atoms with van der Waals surface area (Å²) in [7, 11) is 0. The Labute approximate surface area is 99.0 Å². The molecule has 2 heterocycles. The molecule has 17 heavy (non-hydrogen) atoms. The molecule has 2 aromatic heterocycles. The van der Waals surface area contributed by atoms with E-state index in [0.29, 0.717) is 17.1 Å². The predicted octanol–water partition coefficient (Wildman–Crippen LogP) is 2.50. The molecule has 0 bridgehead atoms. The Morgan fingerprint density at radius 3 is 2.76 bits per heavy atom. The summed E-state index contributed by atoms with van der Waals surface area (Å²) in [5.41, 5.74) is 1.23. The maximum atomic E-state index is 13.0. The lowest BCUT2D eigenvalue weighted by Gasteiger charge is -2.05. The van der Waals surface area contributed by atoms with Crippen LogP contribution in [0.4, 0.5) is 10.2 Å². The molecule has 88 valence electrons. The van der Waals surface area contributed by atoms with E-state index in [1.807, 2.05) is 0 Å². The lowest BCUT2D eigenvalue weighted by molar-refractivity contribution is 0.622. The zero-order valence-corrected chi connectivity index (χ0v) is 9.52. The van der Waals surface area contributed by atoms with Crippen molar-refractivity contribution < 1.29 is 4.39 Å². The number of hydrogen-bond donors (Lipinski definition) is 1. The van der Waals surface area contributed by atoms with Crippen molar-refractivity contribution in [2.24, 2.45) is 0 Å². The lowest BCUT2D eigenvalue weighted by Crippen LogP contribution is -2.03. The Morgan fingerprint density at radius 2 is 2.00 bits per heavy atom. The monoisotopic (exact) mass is 232 g/mol. The van der Waals surface area contributed by atoms with Gasteiger partial charge < -0.3 is 5.32 Å². The van der Waals surface area contributed by atoms with Gasteiger partial charge in [0.1, 0.15) is 11.6 Å². The molecule has 2 aromatic rings. The van der Waals surface area contributed by atoms with E-state index in [9.17, 15) is 4.39 Å². The SMILES string of the molecule is CCCNc1cncc(-c2cncc(F)c2)n1. The smallest absolute Gasteiger partial charge is 0.145 e. The predicted molar refractivity (Wildman–Crippen MR) is 64.0 cm³/mol. The third-order valence-corrected chi connectivity index (χ3v) is 2.19. The summed E-state index contributed by atoms with van der Waals surface area (Å²) < 4.78 is 13.0. The topological polar surface area (TPSA) is 50.7 Å². The molecule has 2 rings (SSSR count). The average Bonchev–Trinajstić information content (AvgIpc) is 2.37. The molecule has 0 aromatic carbocycles. The minimum absolute atomic E-state index is 0.378. The van der Waals surface area contributed by atoms with Crippen LogP contribution in [0, 0.1) is 5.82 Å². The normalized spacial score (nSPS) is 10.2. The highest BCUT2D eigenvalue weighted by Gasteiger charge is 2.03. The van der Waals surface area contributed by atoms with E-state index in [4.69, 9.17) is 0 Å². The Kier molecular flexibility index (Phi) is 3.59. The zero-order valence-electron chi connectivity index (χ0n) is 9.52. The fraction of sp³-hybridized carbons (Fsp3) is 0.250. The van der Waals surface area contributed by atoms with Gasteiger partial charge in [0.05, 0.1) is 24.3 Å². The van der Waals surface area contributed by atoms with Crippen LogP contribution in [0.15, 0.2) is 30.9 Å². The van der Waals surface area contributed by atoms with Crippen molar-refractivity contribution in [2.75, 3.05) is 11.9 Å². The van der Waals surface area contributed by atoms with E-state index in [-0.39, 0.29) is 5.82 Å². The average molecular weight is 232 g/mol. The molecule has 0 spiro atoms. The number of hydrogen-bond acceptors (Lipinski definition) is 4. The maximum Gasteiger partial charge on any atom is 0.145 e. The number of anilines is 1. The molecule has 0 unspecified atom stereocenters. The van der Waals surface area contributed by atoms with Crippen molar-refractivity contribution >= 4 is 5.82 Å². The van der Waals surface area contributed by atoms with Gasteiger partial charge in [-0.05, 0) is 12.5 Å². The minimum atomic E-state index is -0.378. The number of nitrogens with zero attached hydrogens (tertiary/aromatic N) is 3. The first-order valence-electron chi connectivity index (χ1n) is 5.46. The van der Waals surface area contributed by atoms with Gasteiger partial charge in [-0.25, -0.2) is 9.37 Å². The molecule has 0 aliphatic carbocycles. The van der Waals surface area contributed by atoms with Gasteiger partial charge in [-0.15, -0.1) is 0 Å². The molecule has 0 amide bonds. The van der Waals surface area contributed by atoms with Gasteiger partial charge in [0, 0.05) is 18.3 Å². The van der Waals surface area contributed by atoms with Gasteiger partial charge in [-0.1, -0.05) is 6.92 Å². The van der Waals surface area contributed by atoms with E-state index in [2.05, 4.69) is 27.2 Å². The minimum Gasteiger partial charge on any atom is -0.369 e. The molecular formula is C12H13FN4. The van der Waals surface area contributed by atoms with E-state index in [0.717, 1.165) is 19.2 Å². The third kappa shape index (κ3) is 2.96. The first-order chi connectivity index (χ1) is 8.29. The van der Waals surface area contributed by atoms with Crippen LogP contribution in [0.3, 0.4) is 0 Å². The van der Waals surface area contributed by atoms with Gasteiger partial charge in [0.2, 0.25) is 0 Å². The van der Waals surface area contributed by atoms with Gasteiger partial charge in [0.15, 0.2) is 0 Å². The lowest BCUT2D eigenvalue weighted by atomic mass is 10.2. The van der Waals surface area contributed by atoms with Crippen molar-refractivity contribution in [3.8, 4) is 11.3 Å². The fourth-order valence-corrected chi connectivity index (χ4v) is 1.40. The van der Waals surface area contributed by atoms with Crippen molar-refractivity contribution in [3.05, 3.63) is 36.7 Å². The highest BCUT2D eigenvalue weighted by Crippen LogP contribution is 2.17. The largest absolute Gasteiger partial charge is 0.369 e. The molecule has 4 nitrogen and oxygen atoms in total. The van der Waals surface area contributed by atoms with Gasteiger partial charge >= 0.3 is 0 Å². The van der Waals surface area contributed by atoms with Crippen LogP contribution in [0.5, 0.6) is 0 Å². The Bertz CT molecular complexity index is 501. The number of nitrogens with one attached hydrogen (secondary N) is 1.